The molecule has 2 aromatic rings. The number of amides is 2. The van der Waals surface area contributed by atoms with Crippen LogP contribution >= 0.6 is 0 Å². The van der Waals surface area contributed by atoms with Gasteiger partial charge in [-0.3, -0.25) is 9.59 Å². The Bertz CT molecular complexity index is 1250. The highest BCUT2D eigenvalue weighted by Gasteiger charge is 2.67. The molecule has 6 nitrogen and oxygen atoms in total. The average molecular weight is 464 g/mol. The molecule has 2 saturated carbocycles. The summed E-state index contributed by atoms with van der Waals surface area (Å²) in [6.45, 7) is 7.84. The van der Waals surface area contributed by atoms with Crippen LogP contribution in [0.3, 0.4) is 0 Å². The van der Waals surface area contributed by atoms with Gasteiger partial charge in [0, 0.05) is 5.41 Å². The molecule has 2 aromatic carbocycles. The second-order valence-corrected chi connectivity index (χ2v) is 11.3. The number of carbonyl (C=O) groups is 2. The number of hydrogen-bond donors (Lipinski definition) is 0. The van der Waals surface area contributed by atoms with Crippen LogP contribution in [-0.4, -0.2) is 30.0 Å². The number of hydrogen-bond acceptors (Lipinski definition) is 5. The van der Waals surface area contributed by atoms with Crippen LogP contribution in [0.1, 0.15) is 44.2 Å². The van der Waals surface area contributed by atoms with Gasteiger partial charge in [0.25, 0.3) is 21.9 Å². The van der Waals surface area contributed by atoms with Crippen molar-refractivity contribution in [2.24, 2.45) is 11.3 Å². The van der Waals surface area contributed by atoms with E-state index in [1.54, 1.807) is 60.7 Å². The maximum absolute atomic E-state index is 13.7. The lowest BCUT2D eigenvalue weighted by Crippen LogP contribution is -2.51. The maximum atomic E-state index is 13.7. The van der Waals surface area contributed by atoms with Crippen LogP contribution in [0.2, 0.25) is 0 Å². The number of carbonyl (C=O) groups excluding carboxylic acids is 2. The fourth-order valence-electron chi connectivity index (χ4n) is 5.71. The molecule has 0 spiro atoms. The van der Waals surface area contributed by atoms with Crippen molar-refractivity contribution >= 4 is 33.1 Å². The van der Waals surface area contributed by atoms with Crippen LogP contribution in [0.15, 0.2) is 72.8 Å². The summed E-state index contributed by atoms with van der Waals surface area (Å²) in [5.41, 5.74) is 1.45. The van der Waals surface area contributed by atoms with E-state index in [1.807, 2.05) is 13.8 Å². The zero-order chi connectivity index (χ0) is 23.6. The van der Waals surface area contributed by atoms with Crippen LogP contribution in [0.4, 0.5) is 0 Å². The topological polar surface area (TPSA) is 80.8 Å². The summed E-state index contributed by atoms with van der Waals surface area (Å²) in [7, 11) is -4.33. The minimum atomic E-state index is -4.33. The van der Waals surface area contributed by atoms with Gasteiger partial charge in [-0.1, -0.05) is 86.7 Å². The second-order valence-electron chi connectivity index (χ2n) is 9.50. The number of rotatable bonds is 5. The summed E-state index contributed by atoms with van der Waals surface area (Å²) in [5.74, 6) is -1.47. The number of nitrogens with zero attached hydrogens (tertiary/aromatic N) is 1. The fraction of sp³-hybridized carbons (Fsp3) is 0.308. The van der Waals surface area contributed by atoms with Gasteiger partial charge >= 0.3 is 0 Å². The minimum Gasteiger partial charge on any atom is -0.266 e. The normalized spacial score (nSPS) is 26.5. The van der Waals surface area contributed by atoms with Gasteiger partial charge in [-0.05, 0) is 36.3 Å². The third kappa shape index (κ3) is 2.92. The highest BCUT2D eigenvalue weighted by Crippen LogP contribution is 2.65. The van der Waals surface area contributed by atoms with Gasteiger partial charge in [0.2, 0.25) is 0 Å². The summed E-state index contributed by atoms with van der Waals surface area (Å²) >= 11 is 0. The van der Waals surface area contributed by atoms with Crippen LogP contribution < -0.4 is 0 Å². The molecule has 2 amide bonds. The molecule has 2 fully saturated rings. The smallest absolute Gasteiger partial charge is 0.266 e. The van der Waals surface area contributed by atoms with Crippen molar-refractivity contribution < 1.29 is 22.3 Å². The first-order valence-corrected chi connectivity index (χ1v) is 12.4. The second kappa shape index (κ2) is 7.23. The van der Waals surface area contributed by atoms with Crippen LogP contribution in [0.5, 0.6) is 0 Å². The molecule has 2 unspecified atom stereocenters. The Balaban J connectivity index is 1.57. The van der Waals surface area contributed by atoms with Crippen LogP contribution in [0.25, 0.3) is 11.1 Å². The molecule has 2 bridgehead atoms. The monoisotopic (exact) mass is 463 g/mol. The van der Waals surface area contributed by atoms with E-state index < -0.39 is 32.1 Å². The summed E-state index contributed by atoms with van der Waals surface area (Å²) in [6.07, 6.45) is 1.50. The molecule has 1 aliphatic heterocycles. The molecule has 0 radical (unpaired) electrons. The number of allylic oxidation sites excluding steroid dienone is 1. The van der Waals surface area contributed by atoms with Crippen LogP contribution in [-0.2, 0) is 24.0 Å². The maximum Gasteiger partial charge on any atom is 0.295 e. The zero-order valence-corrected chi connectivity index (χ0v) is 19.4. The molecule has 2 atom stereocenters. The lowest BCUT2D eigenvalue weighted by Gasteiger charge is -2.41. The predicted octanol–water partition coefficient (Wildman–Crippen LogP) is 4.36. The van der Waals surface area contributed by atoms with Gasteiger partial charge in [0.1, 0.15) is 4.75 Å². The van der Waals surface area contributed by atoms with E-state index in [1.165, 1.54) is 0 Å². The van der Waals surface area contributed by atoms with E-state index in [0.717, 1.165) is 5.57 Å². The largest absolute Gasteiger partial charge is 0.295 e. The van der Waals surface area contributed by atoms with Crippen molar-refractivity contribution in [3.05, 3.63) is 83.9 Å². The Labute approximate surface area is 193 Å². The van der Waals surface area contributed by atoms with Crippen molar-refractivity contribution in [3.8, 4) is 0 Å². The molecule has 33 heavy (non-hydrogen) atoms. The van der Waals surface area contributed by atoms with Crippen molar-refractivity contribution in [1.29, 1.82) is 0 Å². The highest BCUT2D eigenvalue weighted by molar-refractivity contribution is 7.88. The molecule has 3 aliphatic rings. The van der Waals surface area contributed by atoms with Gasteiger partial charge in [0.05, 0.1) is 11.1 Å². The molecule has 170 valence electrons. The molecular formula is C26H25NO5S. The first-order chi connectivity index (χ1) is 15.6. The van der Waals surface area contributed by atoms with E-state index >= 15 is 0 Å². The molecule has 0 N–H and O–H groups in total. The van der Waals surface area contributed by atoms with Gasteiger partial charge in [-0.15, -0.1) is 9.35 Å². The predicted molar refractivity (Wildman–Crippen MR) is 125 cm³/mol. The number of imide groups is 1. The Morgan fingerprint density at radius 1 is 0.909 bits per heavy atom. The number of benzene rings is 2. The van der Waals surface area contributed by atoms with E-state index in [0.29, 0.717) is 35.5 Å². The summed E-state index contributed by atoms with van der Waals surface area (Å²) in [6, 6.07) is 17.5. The van der Waals surface area contributed by atoms with E-state index in [2.05, 4.69) is 6.58 Å². The van der Waals surface area contributed by atoms with Crippen molar-refractivity contribution in [2.75, 3.05) is 0 Å². The van der Waals surface area contributed by atoms with Crippen LogP contribution in [0, 0.1) is 11.3 Å². The number of fused-ring (bicyclic) bond motifs is 2. The van der Waals surface area contributed by atoms with Crippen molar-refractivity contribution in [1.82, 2.24) is 5.06 Å². The summed E-state index contributed by atoms with van der Waals surface area (Å²) in [5, 5.41) is 0.430. The SMILES string of the molecule is C=C1C2CCC(S(=O)(=O)ON3C(=O)C(c4ccccc4)=C(c4ccccc4)C3=O)(C2)C1(C)C. The molecule has 1 heterocycles. The van der Waals surface area contributed by atoms with Gasteiger partial charge < -0.3 is 0 Å². The van der Waals surface area contributed by atoms with E-state index in [9.17, 15) is 18.0 Å². The molecule has 0 saturated heterocycles. The first kappa shape index (κ1) is 21.8. The highest BCUT2D eigenvalue weighted by atomic mass is 32.2. The zero-order valence-electron chi connectivity index (χ0n) is 18.6. The van der Waals surface area contributed by atoms with Gasteiger partial charge in [-0.25, -0.2) is 0 Å². The van der Waals surface area contributed by atoms with Crippen molar-refractivity contribution in [3.63, 3.8) is 0 Å². The molecule has 5 rings (SSSR count). The Morgan fingerprint density at radius 2 is 1.39 bits per heavy atom. The summed E-state index contributed by atoms with van der Waals surface area (Å²) in [4.78, 5) is 26.9. The minimum absolute atomic E-state index is 0.0984. The molecule has 0 aromatic heterocycles. The molecule has 7 heteroatoms. The lowest BCUT2D eigenvalue weighted by molar-refractivity contribution is -0.161. The van der Waals surface area contributed by atoms with Gasteiger partial charge in [-0.2, -0.15) is 8.42 Å². The molecular weight excluding hydrogens is 438 g/mol. The first-order valence-electron chi connectivity index (χ1n) is 11.0. The quantitative estimate of drug-likeness (QED) is 0.486. The average Bonchev–Trinajstić information content (AvgIpc) is 3.42. The van der Waals surface area contributed by atoms with Gasteiger partial charge in [0.15, 0.2) is 0 Å². The van der Waals surface area contributed by atoms with E-state index in [-0.39, 0.29) is 17.1 Å². The third-order valence-corrected chi connectivity index (χ3v) is 9.91. The Hall–Kier alpha value is -3.03. The fourth-order valence-corrected chi connectivity index (χ4v) is 7.71. The standard InChI is InChI=1S/C26H25NO5S/c1-17-20-14-15-26(16-20,25(17,2)3)33(30,31)32-27-23(28)21(18-10-6-4-7-11-18)22(24(27)29)19-12-8-5-9-13-19/h4-13,20H,1,14-16H2,2-3H3. The molecule has 2 aliphatic carbocycles. The lowest BCUT2D eigenvalue weighted by atomic mass is 9.73. The number of hydroxylamine groups is 2. The summed E-state index contributed by atoms with van der Waals surface area (Å²) < 4.78 is 31.6. The Morgan fingerprint density at radius 3 is 1.82 bits per heavy atom. The van der Waals surface area contributed by atoms with E-state index in [4.69, 9.17) is 4.28 Å². The van der Waals surface area contributed by atoms with Crippen molar-refractivity contribution in [2.45, 2.75) is 37.9 Å². The Kier molecular flexibility index (Phi) is 4.78. The third-order valence-electron chi connectivity index (χ3n) is 7.73.